The summed E-state index contributed by atoms with van der Waals surface area (Å²) in [5.41, 5.74) is 3.03. The molecule has 0 spiro atoms. The van der Waals surface area contributed by atoms with E-state index in [1.54, 1.807) is 4.57 Å². The lowest BCUT2D eigenvalue weighted by Crippen LogP contribution is -2.16. The minimum absolute atomic E-state index is 0.0435. The Bertz CT molecular complexity index is 1180. The van der Waals surface area contributed by atoms with Crippen LogP contribution in [0.3, 0.4) is 0 Å². The molecular formula is C25H23NO2S. The number of rotatable bonds is 5. The van der Waals surface area contributed by atoms with Crippen LogP contribution >= 0.6 is 0 Å². The van der Waals surface area contributed by atoms with Crippen molar-refractivity contribution in [3.63, 3.8) is 0 Å². The SMILES string of the molecule is Cc1ccc(S(=O)c2cc3ccccc3n2C(=O)C[C@@H](C)c2ccccc2)cc1. The van der Waals surface area contributed by atoms with Gasteiger partial charge in [0.1, 0.15) is 15.8 Å². The summed E-state index contributed by atoms with van der Waals surface area (Å²) in [6.45, 7) is 4.05. The Balaban J connectivity index is 1.74. The third-order valence-corrected chi connectivity index (χ3v) is 6.58. The van der Waals surface area contributed by atoms with Crippen LogP contribution in [-0.4, -0.2) is 14.7 Å². The highest BCUT2D eigenvalue weighted by Gasteiger charge is 2.22. The zero-order valence-corrected chi connectivity index (χ0v) is 17.4. The highest BCUT2D eigenvalue weighted by Crippen LogP contribution is 2.28. The molecule has 0 N–H and O–H groups in total. The van der Waals surface area contributed by atoms with Crippen LogP contribution in [0.5, 0.6) is 0 Å². The highest BCUT2D eigenvalue weighted by atomic mass is 32.2. The van der Waals surface area contributed by atoms with Crippen LogP contribution < -0.4 is 0 Å². The monoisotopic (exact) mass is 401 g/mol. The van der Waals surface area contributed by atoms with Gasteiger partial charge in [0.25, 0.3) is 0 Å². The first-order chi connectivity index (χ1) is 14.0. The maximum Gasteiger partial charge on any atom is 0.232 e. The molecule has 4 rings (SSSR count). The van der Waals surface area contributed by atoms with E-state index in [2.05, 4.69) is 6.92 Å². The van der Waals surface area contributed by atoms with Crippen molar-refractivity contribution in [1.29, 1.82) is 0 Å². The van der Waals surface area contributed by atoms with Crippen molar-refractivity contribution in [2.45, 2.75) is 36.1 Å². The molecule has 29 heavy (non-hydrogen) atoms. The van der Waals surface area contributed by atoms with Gasteiger partial charge in [0.2, 0.25) is 5.91 Å². The second kappa shape index (κ2) is 8.18. The second-order valence-electron chi connectivity index (χ2n) is 7.37. The molecule has 1 heterocycles. The van der Waals surface area contributed by atoms with Gasteiger partial charge in [0.05, 0.1) is 5.52 Å². The molecule has 0 amide bonds. The van der Waals surface area contributed by atoms with Gasteiger partial charge in [0, 0.05) is 16.7 Å². The molecule has 3 aromatic carbocycles. The van der Waals surface area contributed by atoms with Crippen LogP contribution in [0.15, 0.2) is 94.9 Å². The number of benzene rings is 3. The van der Waals surface area contributed by atoms with Crippen LogP contribution in [0.2, 0.25) is 0 Å². The number of carbonyl (C=O) groups excluding carboxylic acids is 1. The number of nitrogens with zero attached hydrogens (tertiary/aromatic N) is 1. The zero-order chi connectivity index (χ0) is 20.4. The summed E-state index contributed by atoms with van der Waals surface area (Å²) in [4.78, 5) is 14.0. The molecule has 0 aliphatic heterocycles. The average Bonchev–Trinajstić information content (AvgIpc) is 3.14. The van der Waals surface area contributed by atoms with Crippen molar-refractivity contribution < 1.29 is 9.00 Å². The van der Waals surface area contributed by atoms with E-state index in [9.17, 15) is 9.00 Å². The van der Waals surface area contributed by atoms with E-state index < -0.39 is 10.8 Å². The van der Waals surface area contributed by atoms with E-state index in [0.29, 0.717) is 16.3 Å². The van der Waals surface area contributed by atoms with Crippen molar-refractivity contribution >= 4 is 27.6 Å². The molecule has 0 aliphatic rings. The molecule has 0 aliphatic carbocycles. The van der Waals surface area contributed by atoms with E-state index in [-0.39, 0.29) is 11.8 Å². The molecule has 1 unspecified atom stereocenters. The first kappa shape index (κ1) is 19.3. The van der Waals surface area contributed by atoms with Crippen molar-refractivity contribution in [2.75, 3.05) is 0 Å². The number of aromatic nitrogens is 1. The summed E-state index contributed by atoms with van der Waals surface area (Å²) in [5.74, 6) is 0.0311. The predicted molar refractivity (Wildman–Crippen MR) is 118 cm³/mol. The summed E-state index contributed by atoms with van der Waals surface area (Å²) in [7, 11) is -1.44. The van der Waals surface area contributed by atoms with Gasteiger partial charge in [-0.2, -0.15) is 0 Å². The summed E-state index contributed by atoms with van der Waals surface area (Å²) in [6, 6.07) is 27.2. The van der Waals surface area contributed by atoms with Crippen LogP contribution in [0.25, 0.3) is 10.9 Å². The molecule has 0 fully saturated rings. The fraction of sp³-hybridized carbons (Fsp3) is 0.160. The molecule has 4 heteroatoms. The van der Waals surface area contributed by atoms with E-state index in [0.717, 1.165) is 22.0 Å². The Morgan fingerprint density at radius 1 is 0.931 bits per heavy atom. The zero-order valence-electron chi connectivity index (χ0n) is 16.5. The minimum Gasteiger partial charge on any atom is -0.274 e. The third kappa shape index (κ3) is 3.94. The standard InChI is InChI=1S/C25H23NO2S/c1-18-12-14-22(15-13-18)29(28)25-17-21-10-6-7-11-23(21)26(25)24(27)16-19(2)20-8-4-3-5-9-20/h3-15,17,19H,16H2,1-2H3/t19-,29?/m1/s1. The lowest BCUT2D eigenvalue weighted by Gasteiger charge is -2.14. The molecule has 0 radical (unpaired) electrons. The van der Waals surface area contributed by atoms with Gasteiger partial charge >= 0.3 is 0 Å². The van der Waals surface area contributed by atoms with Crippen molar-refractivity contribution in [3.8, 4) is 0 Å². The number of hydrogen-bond donors (Lipinski definition) is 0. The van der Waals surface area contributed by atoms with Gasteiger partial charge < -0.3 is 0 Å². The Morgan fingerprint density at radius 3 is 2.31 bits per heavy atom. The summed E-state index contributed by atoms with van der Waals surface area (Å²) >= 11 is 0. The van der Waals surface area contributed by atoms with E-state index >= 15 is 0 Å². The molecule has 0 saturated heterocycles. The molecule has 4 aromatic rings. The van der Waals surface area contributed by atoms with Crippen LogP contribution in [0.4, 0.5) is 0 Å². The number of aryl methyl sites for hydroxylation is 1. The van der Waals surface area contributed by atoms with Gasteiger partial charge in [-0.05, 0) is 42.7 Å². The lowest BCUT2D eigenvalue weighted by atomic mass is 9.97. The maximum absolute atomic E-state index is 13.3. The van der Waals surface area contributed by atoms with Crippen molar-refractivity contribution in [3.05, 3.63) is 96.1 Å². The topological polar surface area (TPSA) is 39.1 Å². The maximum atomic E-state index is 13.3. The van der Waals surface area contributed by atoms with E-state index in [1.807, 2.05) is 91.9 Å². The average molecular weight is 402 g/mol. The summed E-state index contributed by atoms with van der Waals surface area (Å²) in [5, 5.41) is 1.45. The fourth-order valence-electron chi connectivity index (χ4n) is 3.56. The Labute approximate surface area is 173 Å². The predicted octanol–water partition coefficient (Wildman–Crippen LogP) is 5.95. The van der Waals surface area contributed by atoms with Crippen LogP contribution in [0, 0.1) is 6.92 Å². The van der Waals surface area contributed by atoms with Gasteiger partial charge in [-0.1, -0.05) is 73.2 Å². The largest absolute Gasteiger partial charge is 0.274 e. The Kier molecular flexibility index (Phi) is 5.45. The number of fused-ring (bicyclic) bond motifs is 1. The first-order valence-corrected chi connectivity index (χ1v) is 10.9. The summed E-state index contributed by atoms with van der Waals surface area (Å²) < 4.78 is 15.0. The molecular weight excluding hydrogens is 378 g/mol. The normalized spacial score (nSPS) is 13.3. The smallest absolute Gasteiger partial charge is 0.232 e. The number of hydrogen-bond acceptors (Lipinski definition) is 2. The molecule has 2 atom stereocenters. The second-order valence-corrected chi connectivity index (χ2v) is 8.80. The fourth-order valence-corrected chi connectivity index (χ4v) is 4.78. The first-order valence-electron chi connectivity index (χ1n) is 9.71. The summed E-state index contributed by atoms with van der Waals surface area (Å²) in [6.07, 6.45) is 0.348. The number of carbonyl (C=O) groups is 1. The Hall–Kier alpha value is -2.98. The Morgan fingerprint density at radius 2 is 1.59 bits per heavy atom. The molecule has 0 bridgehead atoms. The molecule has 3 nitrogen and oxygen atoms in total. The third-order valence-electron chi connectivity index (χ3n) is 5.20. The van der Waals surface area contributed by atoms with Gasteiger partial charge in [0.15, 0.2) is 0 Å². The van der Waals surface area contributed by atoms with Crippen LogP contribution in [-0.2, 0) is 10.8 Å². The van der Waals surface area contributed by atoms with Gasteiger partial charge in [-0.3, -0.25) is 9.36 Å². The van der Waals surface area contributed by atoms with Crippen molar-refractivity contribution in [2.24, 2.45) is 0 Å². The lowest BCUT2D eigenvalue weighted by molar-refractivity contribution is 0.0891. The van der Waals surface area contributed by atoms with E-state index in [1.165, 1.54) is 0 Å². The number of para-hydroxylation sites is 1. The molecule has 146 valence electrons. The van der Waals surface area contributed by atoms with Crippen LogP contribution in [0.1, 0.15) is 35.2 Å². The molecule has 1 aromatic heterocycles. The molecule has 0 saturated carbocycles. The quantitative estimate of drug-likeness (QED) is 0.414. The van der Waals surface area contributed by atoms with Gasteiger partial charge in [-0.15, -0.1) is 0 Å². The minimum atomic E-state index is -1.44. The van der Waals surface area contributed by atoms with Gasteiger partial charge in [-0.25, -0.2) is 4.21 Å². The highest BCUT2D eigenvalue weighted by molar-refractivity contribution is 7.85. The van der Waals surface area contributed by atoms with E-state index in [4.69, 9.17) is 0 Å². The van der Waals surface area contributed by atoms with Crippen molar-refractivity contribution in [1.82, 2.24) is 4.57 Å².